The molecule has 4 aromatic rings. The van der Waals surface area contributed by atoms with Crippen molar-refractivity contribution in [1.82, 2.24) is 15.3 Å². The second-order valence-corrected chi connectivity index (χ2v) is 9.03. The summed E-state index contributed by atoms with van der Waals surface area (Å²) in [5.41, 5.74) is 4.78. The molecule has 1 amide bonds. The maximum atomic E-state index is 13.3. The van der Waals surface area contributed by atoms with Crippen molar-refractivity contribution in [3.8, 4) is 11.1 Å². The Morgan fingerprint density at radius 3 is 2.56 bits per heavy atom. The van der Waals surface area contributed by atoms with Crippen LogP contribution in [0, 0.1) is 6.92 Å². The predicted octanol–water partition coefficient (Wildman–Crippen LogP) is 5.91. The van der Waals surface area contributed by atoms with Gasteiger partial charge in [-0.25, -0.2) is 4.98 Å². The second-order valence-electron chi connectivity index (χ2n) is 9.03. The highest BCUT2D eigenvalue weighted by atomic mass is 19.4. The number of anilines is 1. The number of aryl methyl sites for hydroxylation is 1. The lowest BCUT2D eigenvalue weighted by Crippen LogP contribution is -2.29. The summed E-state index contributed by atoms with van der Waals surface area (Å²) in [5, 5.41) is 6.49. The van der Waals surface area contributed by atoms with Gasteiger partial charge >= 0.3 is 6.18 Å². The first-order valence-electron chi connectivity index (χ1n) is 11.7. The molecule has 3 aromatic carbocycles. The molecular formula is C28H25F3N4O. The van der Waals surface area contributed by atoms with E-state index < -0.39 is 11.7 Å². The number of nitrogens with zero attached hydrogens (tertiary/aromatic N) is 1. The smallest absolute Gasteiger partial charge is 0.348 e. The van der Waals surface area contributed by atoms with Crippen molar-refractivity contribution in [2.24, 2.45) is 0 Å². The minimum absolute atomic E-state index is 0.291. The maximum absolute atomic E-state index is 13.3. The molecule has 184 valence electrons. The number of benzene rings is 3. The summed E-state index contributed by atoms with van der Waals surface area (Å²) in [6.07, 6.45) is 0.867. The van der Waals surface area contributed by atoms with Crippen molar-refractivity contribution in [2.45, 2.75) is 38.5 Å². The lowest BCUT2D eigenvalue weighted by Gasteiger charge is -2.15. The average molecular weight is 491 g/mol. The summed E-state index contributed by atoms with van der Waals surface area (Å²) in [6.45, 7) is 2.50. The van der Waals surface area contributed by atoms with Gasteiger partial charge in [-0.05, 0) is 77.9 Å². The van der Waals surface area contributed by atoms with Gasteiger partial charge in [-0.2, -0.15) is 13.2 Å². The van der Waals surface area contributed by atoms with E-state index >= 15 is 0 Å². The zero-order valence-electron chi connectivity index (χ0n) is 19.6. The molecule has 0 saturated heterocycles. The molecule has 36 heavy (non-hydrogen) atoms. The molecular weight excluding hydrogens is 465 g/mol. The topological polar surface area (TPSA) is 69.8 Å². The number of halogens is 3. The van der Waals surface area contributed by atoms with Gasteiger partial charge in [-0.1, -0.05) is 30.3 Å². The number of aromatic amines is 1. The van der Waals surface area contributed by atoms with Crippen molar-refractivity contribution in [1.29, 1.82) is 0 Å². The van der Waals surface area contributed by atoms with E-state index in [1.165, 1.54) is 23.3 Å². The van der Waals surface area contributed by atoms with Crippen LogP contribution in [0.5, 0.6) is 0 Å². The van der Waals surface area contributed by atoms with Crippen LogP contribution in [0.3, 0.4) is 0 Å². The van der Waals surface area contributed by atoms with Gasteiger partial charge in [0.2, 0.25) is 0 Å². The van der Waals surface area contributed by atoms with E-state index in [9.17, 15) is 18.0 Å². The van der Waals surface area contributed by atoms with E-state index in [1.807, 2.05) is 31.2 Å². The number of aromatic nitrogens is 2. The normalized spacial score (nSPS) is 15.1. The van der Waals surface area contributed by atoms with Gasteiger partial charge in [-0.3, -0.25) is 4.79 Å². The van der Waals surface area contributed by atoms with Gasteiger partial charge in [0.05, 0.1) is 12.1 Å². The molecule has 1 atom stereocenters. The van der Waals surface area contributed by atoms with Crippen LogP contribution in [0.2, 0.25) is 0 Å². The number of hydrogen-bond donors (Lipinski definition) is 3. The number of fused-ring (bicyclic) bond motifs is 1. The molecule has 0 fully saturated rings. The van der Waals surface area contributed by atoms with Crippen LogP contribution in [0.4, 0.5) is 18.9 Å². The summed E-state index contributed by atoms with van der Waals surface area (Å²) in [4.78, 5) is 20.6. The van der Waals surface area contributed by atoms with Crippen molar-refractivity contribution < 1.29 is 18.0 Å². The third-order valence-corrected chi connectivity index (χ3v) is 6.53. The first kappa shape index (κ1) is 23.8. The molecule has 1 heterocycles. The van der Waals surface area contributed by atoms with Gasteiger partial charge in [0.15, 0.2) is 0 Å². The van der Waals surface area contributed by atoms with Gasteiger partial charge in [0, 0.05) is 29.7 Å². The van der Waals surface area contributed by atoms with E-state index in [4.69, 9.17) is 0 Å². The van der Waals surface area contributed by atoms with Gasteiger partial charge in [0.25, 0.3) is 5.91 Å². The van der Waals surface area contributed by atoms with Gasteiger partial charge in [0.1, 0.15) is 5.82 Å². The van der Waals surface area contributed by atoms with Crippen molar-refractivity contribution in [3.63, 3.8) is 0 Å². The summed E-state index contributed by atoms with van der Waals surface area (Å²) < 4.78 is 39.0. The number of carbonyl (C=O) groups excluding carboxylic acids is 1. The number of carbonyl (C=O) groups is 1. The molecule has 8 heteroatoms. The summed E-state index contributed by atoms with van der Waals surface area (Å²) in [6, 6.07) is 16.4. The quantitative estimate of drug-likeness (QED) is 0.315. The number of nitrogens with one attached hydrogen (secondary N) is 3. The highest BCUT2D eigenvalue weighted by Crippen LogP contribution is 2.33. The molecule has 1 aromatic heterocycles. The van der Waals surface area contributed by atoms with Crippen LogP contribution < -0.4 is 10.6 Å². The Kier molecular flexibility index (Phi) is 6.36. The van der Waals surface area contributed by atoms with Crippen molar-refractivity contribution in [2.75, 3.05) is 5.32 Å². The molecule has 1 aliphatic rings. The fraction of sp³-hybridized carbons (Fsp3) is 0.214. The van der Waals surface area contributed by atoms with Crippen LogP contribution in [0.15, 0.2) is 73.1 Å². The Hall–Kier alpha value is -3.91. The van der Waals surface area contributed by atoms with Crippen LogP contribution in [0.1, 0.15) is 38.4 Å². The second kappa shape index (κ2) is 9.62. The molecule has 3 N–H and O–H groups in total. The number of H-pyrrole nitrogens is 1. The number of imidazole rings is 1. The van der Waals surface area contributed by atoms with Gasteiger partial charge < -0.3 is 15.6 Å². The van der Waals surface area contributed by atoms with Crippen molar-refractivity contribution in [3.05, 3.63) is 107 Å². The Bertz CT molecular complexity index is 1380. The van der Waals surface area contributed by atoms with E-state index in [-0.39, 0.29) is 5.91 Å². The fourth-order valence-corrected chi connectivity index (χ4v) is 4.74. The van der Waals surface area contributed by atoms with E-state index in [1.54, 1.807) is 24.5 Å². The zero-order valence-corrected chi connectivity index (χ0v) is 19.6. The van der Waals surface area contributed by atoms with E-state index in [0.717, 1.165) is 36.4 Å². The number of alkyl halides is 3. The third-order valence-electron chi connectivity index (χ3n) is 6.53. The van der Waals surface area contributed by atoms with E-state index in [2.05, 4.69) is 20.6 Å². The lowest BCUT2D eigenvalue weighted by atomic mass is 9.93. The molecule has 0 saturated carbocycles. The lowest BCUT2D eigenvalue weighted by molar-refractivity contribution is -0.137. The number of rotatable bonds is 6. The largest absolute Gasteiger partial charge is 0.416 e. The maximum Gasteiger partial charge on any atom is 0.416 e. The Labute approximate surface area is 206 Å². The molecule has 1 aliphatic carbocycles. The molecule has 0 spiro atoms. The molecule has 0 radical (unpaired) electrons. The molecule has 0 aliphatic heterocycles. The first-order valence-corrected chi connectivity index (χ1v) is 11.7. The number of hydrogen-bond acceptors (Lipinski definition) is 3. The fourth-order valence-electron chi connectivity index (χ4n) is 4.74. The SMILES string of the molecule is Cc1cccc(C(=O)Nc2ccc3c(c2)CC(NCc2ncc[nH]2)C3)c1-c1ccc(C(F)(F)F)cc1. The molecule has 5 rings (SSSR count). The Morgan fingerprint density at radius 1 is 1.06 bits per heavy atom. The minimum atomic E-state index is -4.41. The van der Waals surface area contributed by atoms with Crippen LogP contribution in [-0.2, 0) is 25.6 Å². The molecule has 0 bridgehead atoms. The van der Waals surface area contributed by atoms with Crippen molar-refractivity contribution >= 4 is 11.6 Å². The number of amides is 1. The molecule has 1 unspecified atom stereocenters. The monoisotopic (exact) mass is 490 g/mol. The van der Waals surface area contributed by atoms with Crippen LogP contribution in [0.25, 0.3) is 11.1 Å². The van der Waals surface area contributed by atoms with Gasteiger partial charge in [-0.15, -0.1) is 0 Å². The third kappa shape index (κ3) is 5.04. The highest BCUT2D eigenvalue weighted by molar-refractivity contribution is 6.09. The average Bonchev–Trinajstić information content (AvgIpc) is 3.51. The van der Waals surface area contributed by atoms with Crippen LogP contribution >= 0.6 is 0 Å². The summed E-state index contributed by atoms with van der Waals surface area (Å²) in [5.74, 6) is 0.583. The Morgan fingerprint density at radius 2 is 1.83 bits per heavy atom. The van der Waals surface area contributed by atoms with Crippen LogP contribution in [-0.4, -0.2) is 21.9 Å². The first-order chi connectivity index (χ1) is 17.3. The zero-order chi connectivity index (χ0) is 25.3. The molecule has 5 nitrogen and oxygen atoms in total. The minimum Gasteiger partial charge on any atom is -0.348 e. The standard InChI is InChI=1S/C28H25F3N4O/c1-17-3-2-4-24(26(17)18-5-8-21(9-6-18)28(29,30)31)27(36)35-22-10-7-19-13-23(15-20(19)14-22)34-16-25-32-11-12-33-25/h2-12,14,23,34H,13,15-16H2,1H3,(H,32,33)(H,35,36). The predicted molar refractivity (Wildman–Crippen MR) is 133 cm³/mol. The highest BCUT2D eigenvalue weighted by Gasteiger charge is 2.30. The van der Waals surface area contributed by atoms with E-state index in [0.29, 0.717) is 35.0 Å². The summed E-state index contributed by atoms with van der Waals surface area (Å²) in [7, 11) is 0. The Balaban J connectivity index is 1.32. The summed E-state index contributed by atoms with van der Waals surface area (Å²) >= 11 is 0.